The molecule has 0 bridgehead atoms. The van der Waals surface area contributed by atoms with Crippen LogP contribution in [0.15, 0.2) is 70.6 Å². The maximum Gasteiger partial charge on any atom is 0.455 e. The van der Waals surface area contributed by atoms with Gasteiger partial charge >= 0.3 is 7.12 Å². The van der Waals surface area contributed by atoms with E-state index in [0.29, 0.717) is 25.7 Å². The van der Waals surface area contributed by atoms with Crippen LogP contribution >= 0.6 is 11.3 Å². The Morgan fingerprint density at radius 3 is 2.65 bits per heavy atom. The van der Waals surface area contributed by atoms with E-state index in [-0.39, 0.29) is 35.5 Å². The SMILES string of the molecule is CCC1=C2[C@@H](CC/C(C)=C/c3ccc(O)c4ccccc34)OB(O)C[C@@H]2[C@@H]2C(=O)N(Cc3cccs3)C(=O)[C@@H]2C1. The zero-order valence-electron chi connectivity index (χ0n) is 22.9. The quantitative estimate of drug-likeness (QED) is 0.206. The number of phenolic OH excluding ortho intramolecular Hbond substituents is 1. The van der Waals surface area contributed by atoms with Crippen LogP contribution in [0.5, 0.6) is 5.75 Å². The molecular weight excluding hydrogens is 521 g/mol. The van der Waals surface area contributed by atoms with Crippen molar-refractivity contribution in [3.05, 3.63) is 81.1 Å². The van der Waals surface area contributed by atoms with Gasteiger partial charge < -0.3 is 14.8 Å². The minimum Gasteiger partial charge on any atom is -0.507 e. The van der Waals surface area contributed by atoms with Crippen molar-refractivity contribution in [2.45, 2.75) is 58.5 Å². The Hall–Kier alpha value is -3.20. The molecule has 4 atom stereocenters. The number of aromatic hydroxyl groups is 1. The van der Waals surface area contributed by atoms with Gasteiger partial charge in [0.1, 0.15) is 5.75 Å². The summed E-state index contributed by atoms with van der Waals surface area (Å²) in [7, 11) is -0.963. The maximum atomic E-state index is 13.7. The number of rotatable bonds is 7. The summed E-state index contributed by atoms with van der Waals surface area (Å²) in [6, 6.07) is 15.4. The summed E-state index contributed by atoms with van der Waals surface area (Å²) in [6.07, 6.45) is 5.02. The van der Waals surface area contributed by atoms with Gasteiger partial charge in [-0.05, 0) is 78.9 Å². The number of carbonyl (C=O) groups is 2. The van der Waals surface area contributed by atoms with E-state index in [2.05, 4.69) is 19.9 Å². The van der Waals surface area contributed by atoms with Gasteiger partial charge in [-0.25, -0.2) is 0 Å². The fraction of sp³-hybridized carbons (Fsp3) is 0.375. The van der Waals surface area contributed by atoms with Gasteiger partial charge in [0.2, 0.25) is 11.8 Å². The number of likely N-dealkylation sites (tertiary alicyclic amines) is 1. The third-order valence-electron chi connectivity index (χ3n) is 8.86. The number of phenols is 1. The number of hydrogen-bond acceptors (Lipinski definition) is 6. The number of imide groups is 1. The molecule has 3 heterocycles. The normalized spacial score (nSPS) is 25.1. The molecular formula is C32H34BNO5S. The first-order chi connectivity index (χ1) is 19.4. The van der Waals surface area contributed by atoms with Gasteiger partial charge in [0.25, 0.3) is 0 Å². The second-order valence-corrected chi connectivity index (χ2v) is 12.3. The molecule has 2 fully saturated rings. The predicted octanol–water partition coefficient (Wildman–Crippen LogP) is 6.20. The Morgan fingerprint density at radius 1 is 1.10 bits per heavy atom. The number of nitrogens with zero attached hydrogens (tertiary/aromatic N) is 1. The second kappa shape index (κ2) is 11.0. The largest absolute Gasteiger partial charge is 0.507 e. The van der Waals surface area contributed by atoms with Crippen molar-refractivity contribution in [2.75, 3.05) is 0 Å². The molecule has 3 aromatic rings. The first-order valence-electron chi connectivity index (χ1n) is 14.2. The molecule has 3 aliphatic rings. The van der Waals surface area contributed by atoms with Crippen molar-refractivity contribution < 1.29 is 24.4 Å². The van der Waals surface area contributed by atoms with Crippen molar-refractivity contribution in [3.8, 4) is 5.75 Å². The molecule has 1 aromatic heterocycles. The first kappa shape index (κ1) is 27.0. The molecule has 2 aliphatic heterocycles. The van der Waals surface area contributed by atoms with Crippen molar-refractivity contribution in [3.63, 3.8) is 0 Å². The van der Waals surface area contributed by atoms with E-state index in [4.69, 9.17) is 4.65 Å². The van der Waals surface area contributed by atoms with Crippen LogP contribution in [0.3, 0.4) is 0 Å². The van der Waals surface area contributed by atoms with E-state index in [1.54, 1.807) is 17.4 Å². The highest BCUT2D eigenvalue weighted by Crippen LogP contribution is 2.51. The van der Waals surface area contributed by atoms with Crippen molar-refractivity contribution >= 4 is 47.1 Å². The van der Waals surface area contributed by atoms with E-state index in [9.17, 15) is 19.7 Å². The third kappa shape index (κ3) is 4.82. The summed E-state index contributed by atoms with van der Waals surface area (Å²) in [4.78, 5) is 29.6. The Labute approximate surface area is 239 Å². The van der Waals surface area contributed by atoms with Gasteiger partial charge in [-0.1, -0.05) is 60.5 Å². The highest BCUT2D eigenvalue weighted by molar-refractivity contribution is 7.09. The highest BCUT2D eigenvalue weighted by atomic mass is 32.1. The minimum atomic E-state index is -0.963. The molecule has 6 nitrogen and oxygen atoms in total. The Bertz CT molecular complexity index is 1510. The number of allylic oxidation sites excluding steroid dienone is 2. The molecule has 206 valence electrons. The van der Waals surface area contributed by atoms with Gasteiger partial charge in [0.15, 0.2) is 0 Å². The predicted molar refractivity (Wildman–Crippen MR) is 158 cm³/mol. The average Bonchev–Trinajstić information content (AvgIpc) is 3.55. The summed E-state index contributed by atoms with van der Waals surface area (Å²) in [5.41, 5.74) is 4.55. The lowest BCUT2D eigenvalue weighted by atomic mass is 9.58. The van der Waals surface area contributed by atoms with E-state index in [1.165, 1.54) is 10.5 Å². The fourth-order valence-electron chi connectivity index (χ4n) is 7.01. The van der Waals surface area contributed by atoms with Crippen LogP contribution in [-0.2, 0) is 20.8 Å². The topological polar surface area (TPSA) is 87.1 Å². The molecule has 0 unspecified atom stereocenters. The summed E-state index contributed by atoms with van der Waals surface area (Å²) < 4.78 is 6.13. The monoisotopic (exact) mass is 555 g/mol. The summed E-state index contributed by atoms with van der Waals surface area (Å²) in [5.74, 6) is -0.887. The standard InChI is InChI=1S/C32H34BNO5S/c1-3-20-16-25-30(32(37)34(31(25)36)18-22-7-6-14-40-22)26-17-33(38)39-28(29(20)26)13-10-19(2)15-21-11-12-27(35)24-9-5-4-8-23(21)24/h4-9,11-12,14-15,25-26,28,30,35,38H,3,10,13,16-18H2,1-2H3/b19-15+/t25-,26+,28-,30-/m1/s1. The van der Waals surface area contributed by atoms with Gasteiger partial charge in [-0.3, -0.25) is 14.5 Å². The van der Waals surface area contributed by atoms with E-state index >= 15 is 0 Å². The molecule has 0 spiro atoms. The second-order valence-electron chi connectivity index (χ2n) is 11.3. The number of hydrogen-bond donors (Lipinski definition) is 2. The van der Waals surface area contributed by atoms with Crippen LogP contribution < -0.4 is 0 Å². The lowest BCUT2D eigenvalue weighted by Crippen LogP contribution is -2.46. The number of fused-ring (bicyclic) bond motifs is 4. The number of amides is 2. The zero-order chi connectivity index (χ0) is 28.0. The molecule has 2 saturated heterocycles. The highest BCUT2D eigenvalue weighted by Gasteiger charge is 2.57. The Morgan fingerprint density at radius 2 is 1.90 bits per heavy atom. The van der Waals surface area contributed by atoms with Gasteiger partial charge in [0.05, 0.1) is 24.5 Å². The molecule has 2 aromatic carbocycles. The van der Waals surface area contributed by atoms with Crippen molar-refractivity contribution in [1.82, 2.24) is 4.90 Å². The summed E-state index contributed by atoms with van der Waals surface area (Å²) in [5, 5.41) is 24.8. The summed E-state index contributed by atoms with van der Waals surface area (Å²) >= 11 is 1.55. The fourth-order valence-corrected chi connectivity index (χ4v) is 7.70. The minimum absolute atomic E-state index is 0.0779. The molecule has 1 aliphatic carbocycles. The lowest BCUT2D eigenvalue weighted by molar-refractivity contribution is -0.140. The first-order valence-corrected chi connectivity index (χ1v) is 15.0. The van der Waals surface area contributed by atoms with Crippen molar-refractivity contribution in [1.29, 1.82) is 0 Å². The van der Waals surface area contributed by atoms with Crippen LogP contribution in [-0.4, -0.2) is 40.1 Å². The smallest absolute Gasteiger partial charge is 0.455 e. The van der Waals surface area contributed by atoms with Crippen LogP contribution in [0.25, 0.3) is 16.8 Å². The van der Waals surface area contributed by atoms with Gasteiger partial charge in [-0.15, -0.1) is 11.3 Å². The van der Waals surface area contributed by atoms with E-state index < -0.39 is 13.0 Å². The van der Waals surface area contributed by atoms with Crippen LogP contribution in [0.4, 0.5) is 0 Å². The number of thiophene rings is 1. The molecule has 2 amide bonds. The average molecular weight is 556 g/mol. The summed E-state index contributed by atoms with van der Waals surface area (Å²) in [6.45, 7) is 4.52. The number of benzene rings is 2. The van der Waals surface area contributed by atoms with E-state index in [1.807, 2.05) is 47.8 Å². The zero-order valence-corrected chi connectivity index (χ0v) is 23.7. The Balaban J connectivity index is 1.24. The van der Waals surface area contributed by atoms with Crippen LogP contribution in [0.2, 0.25) is 6.32 Å². The molecule has 40 heavy (non-hydrogen) atoms. The maximum absolute atomic E-state index is 13.7. The molecule has 8 heteroatoms. The third-order valence-corrected chi connectivity index (χ3v) is 9.72. The lowest BCUT2D eigenvalue weighted by Gasteiger charge is -2.43. The van der Waals surface area contributed by atoms with E-state index in [0.717, 1.165) is 45.2 Å². The molecule has 0 radical (unpaired) electrons. The Kier molecular flexibility index (Phi) is 7.42. The van der Waals surface area contributed by atoms with Crippen LogP contribution in [0.1, 0.15) is 50.0 Å². The van der Waals surface area contributed by atoms with Crippen molar-refractivity contribution in [2.24, 2.45) is 17.8 Å². The molecule has 0 saturated carbocycles. The molecule has 2 N–H and O–H groups in total. The van der Waals surface area contributed by atoms with Gasteiger partial charge in [-0.2, -0.15) is 0 Å². The molecule has 6 rings (SSSR count). The number of carbonyl (C=O) groups excluding carboxylic acids is 2. The van der Waals surface area contributed by atoms with Crippen LogP contribution in [0, 0.1) is 17.8 Å². The van der Waals surface area contributed by atoms with Gasteiger partial charge in [0, 0.05) is 10.3 Å².